The number of hydrogen-bond acceptors (Lipinski definition) is 11. The maximum absolute atomic E-state index is 16.9. The Kier molecular flexibility index (Phi) is 7.96. The minimum absolute atomic E-state index is 0.000793. The Morgan fingerprint density at radius 3 is 2.45 bits per heavy atom. The normalized spacial score (nSPS) is 21.1. The first-order valence-corrected chi connectivity index (χ1v) is 19.9. The van der Waals surface area contributed by atoms with Crippen molar-refractivity contribution in [1.82, 2.24) is 34.4 Å². The van der Waals surface area contributed by atoms with E-state index < -0.39 is 21.7 Å². The van der Waals surface area contributed by atoms with Gasteiger partial charge in [0.2, 0.25) is 0 Å². The average molecular weight is 760 g/mol. The Labute approximate surface area is 315 Å². The molecule has 278 valence electrons. The molecule has 3 aliphatic heterocycles. The van der Waals surface area contributed by atoms with E-state index in [0.717, 1.165) is 35.5 Å². The summed E-state index contributed by atoms with van der Waals surface area (Å²) in [6.45, 7) is 2.51. The minimum atomic E-state index is -3.88. The van der Waals surface area contributed by atoms with Crippen LogP contribution in [-0.4, -0.2) is 81.9 Å². The van der Waals surface area contributed by atoms with Crippen LogP contribution in [0.5, 0.6) is 6.01 Å². The lowest BCUT2D eigenvalue weighted by Crippen LogP contribution is -2.51. The van der Waals surface area contributed by atoms with Crippen LogP contribution >= 0.6 is 0 Å². The highest BCUT2D eigenvalue weighted by Gasteiger charge is 2.35. The third-order valence-electron chi connectivity index (χ3n) is 11.1. The number of nitrogens with zero attached hydrogens (tertiary/aromatic N) is 8. The van der Waals surface area contributed by atoms with Crippen LogP contribution in [0.2, 0.25) is 0 Å². The van der Waals surface area contributed by atoms with Gasteiger partial charge in [-0.1, -0.05) is 30.2 Å². The van der Waals surface area contributed by atoms with Crippen molar-refractivity contribution in [2.45, 2.75) is 61.1 Å². The second-order valence-electron chi connectivity index (χ2n) is 14.7. The van der Waals surface area contributed by atoms with Crippen molar-refractivity contribution in [3.8, 4) is 29.6 Å². The van der Waals surface area contributed by atoms with E-state index in [-0.39, 0.29) is 39.7 Å². The highest BCUT2D eigenvalue weighted by Crippen LogP contribution is 2.39. The van der Waals surface area contributed by atoms with Crippen LogP contribution in [-0.2, 0) is 10.0 Å². The second kappa shape index (κ2) is 13.0. The Bertz CT molecular complexity index is 2650. The number of halogens is 2. The van der Waals surface area contributed by atoms with Crippen molar-refractivity contribution < 1.29 is 21.9 Å². The Morgan fingerprint density at radius 1 is 0.891 bits per heavy atom. The first-order chi connectivity index (χ1) is 26.7. The average Bonchev–Trinajstić information content (AvgIpc) is 3.55. The van der Waals surface area contributed by atoms with Crippen molar-refractivity contribution >= 4 is 43.2 Å². The number of aromatic nitrogens is 6. The van der Waals surface area contributed by atoms with E-state index in [1.807, 2.05) is 0 Å². The predicted octanol–water partition coefficient (Wildman–Crippen LogP) is 5.41. The summed E-state index contributed by atoms with van der Waals surface area (Å²) in [4.78, 5) is 22.7. The number of anilines is 2. The van der Waals surface area contributed by atoms with Gasteiger partial charge in [-0.2, -0.15) is 18.4 Å². The summed E-state index contributed by atoms with van der Waals surface area (Å²) in [6.07, 6.45) is 12.9. The van der Waals surface area contributed by atoms with Crippen LogP contribution in [0, 0.1) is 24.0 Å². The lowest BCUT2D eigenvalue weighted by molar-refractivity contribution is 0.207. The Balaban J connectivity index is 0.960. The molecule has 1 unspecified atom stereocenters. The number of nitrogens with one attached hydrogen (secondary N) is 1. The van der Waals surface area contributed by atoms with Gasteiger partial charge in [-0.25, -0.2) is 13.8 Å². The Morgan fingerprint density at radius 2 is 1.69 bits per heavy atom. The van der Waals surface area contributed by atoms with E-state index in [2.05, 4.69) is 41.1 Å². The zero-order valence-electron chi connectivity index (χ0n) is 29.6. The zero-order chi connectivity index (χ0) is 37.4. The van der Waals surface area contributed by atoms with Crippen molar-refractivity contribution in [3.63, 3.8) is 0 Å². The monoisotopic (exact) mass is 759 g/mol. The number of ether oxygens (including phenoxy) is 1. The Hall–Kier alpha value is -5.72. The fourth-order valence-corrected chi connectivity index (χ4v) is 9.27. The first-order valence-electron chi connectivity index (χ1n) is 18.5. The predicted molar refractivity (Wildman–Crippen MR) is 203 cm³/mol. The quantitative estimate of drug-likeness (QED) is 0.200. The molecule has 0 radical (unpaired) electrons. The number of rotatable bonds is 8. The lowest BCUT2D eigenvalue weighted by atomic mass is 9.96. The molecular formula is C40H35F2N9O3S. The van der Waals surface area contributed by atoms with Gasteiger partial charge in [-0.05, 0) is 61.4 Å². The van der Waals surface area contributed by atoms with Gasteiger partial charge in [-0.3, -0.25) is 4.98 Å². The molecule has 55 heavy (non-hydrogen) atoms. The van der Waals surface area contributed by atoms with E-state index in [1.165, 1.54) is 12.4 Å². The molecule has 10 rings (SSSR count). The standard InChI is InChI=1S/C40H35F2N9O3S/c1-2-30-33(41)15-8-23-4-3-5-31(34(23)30)36-35(42)37-32(18-43-36)39(50-19-25-9-10-26(20-50)45-25)47-40(46-37)54-28-16-17-49(21-28)27-11-13-29(14-12-27)55(52,53)51-22-44-38(48-51)24-6-7-24/h1,3-5,8,11-15,18,22,24-26,28,45H,6-7,9-10,16-17,19-21H2/t25-,26+,28?. The van der Waals surface area contributed by atoms with Gasteiger partial charge >= 0.3 is 6.01 Å². The molecule has 12 nitrogen and oxygen atoms in total. The number of piperazine rings is 1. The molecular weight excluding hydrogens is 725 g/mol. The minimum Gasteiger partial charge on any atom is -0.458 e. The molecule has 0 spiro atoms. The molecule has 1 aliphatic carbocycles. The van der Waals surface area contributed by atoms with Gasteiger partial charge in [0.1, 0.15) is 35.3 Å². The molecule has 3 aromatic heterocycles. The van der Waals surface area contributed by atoms with Crippen molar-refractivity contribution in [1.29, 1.82) is 0 Å². The van der Waals surface area contributed by atoms with E-state index in [0.29, 0.717) is 78.0 Å². The van der Waals surface area contributed by atoms with Crippen LogP contribution < -0.4 is 19.9 Å². The van der Waals surface area contributed by atoms with Crippen molar-refractivity contribution in [2.75, 3.05) is 36.0 Å². The van der Waals surface area contributed by atoms with Crippen molar-refractivity contribution in [3.05, 3.63) is 90.1 Å². The number of hydrogen-bond donors (Lipinski definition) is 1. The van der Waals surface area contributed by atoms with Gasteiger partial charge in [0, 0.05) is 66.9 Å². The SMILES string of the molecule is C#Cc1c(F)ccc2cccc(-c3ncc4c(N5C[C@H]6CC[C@@H](C5)N6)nc(OC5CCN(c6ccc(S(=O)(=O)n7cnc(C8CC8)n7)cc6)C5)nc4c3F)c12. The van der Waals surface area contributed by atoms with E-state index in [1.54, 1.807) is 54.7 Å². The van der Waals surface area contributed by atoms with E-state index in [4.69, 9.17) is 16.1 Å². The summed E-state index contributed by atoms with van der Waals surface area (Å²) >= 11 is 0. The number of terminal acetylenes is 1. The van der Waals surface area contributed by atoms with Crippen LogP contribution in [0.25, 0.3) is 32.9 Å². The van der Waals surface area contributed by atoms with Crippen LogP contribution in [0.4, 0.5) is 20.3 Å². The van der Waals surface area contributed by atoms with Gasteiger partial charge < -0.3 is 19.9 Å². The molecule has 15 heteroatoms. The maximum atomic E-state index is 16.9. The smallest absolute Gasteiger partial charge is 0.319 e. The van der Waals surface area contributed by atoms with Gasteiger partial charge in [0.05, 0.1) is 22.4 Å². The summed E-state index contributed by atoms with van der Waals surface area (Å²) in [6, 6.07) is 15.5. The zero-order valence-corrected chi connectivity index (χ0v) is 30.4. The highest BCUT2D eigenvalue weighted by atomic mass is 32.2. The molecule has 3 atom stereocenters. The first kappa shape index (κ1) is 33.8. The molecule has 1 saturated carbocycles. The molecule has 0 amide bonds. The highest BCUT2D eigenvalue weighted by molar-refractivity contribution is 7.89. The fourth-order valence-electron chi connectivity index (χ4n) is 8.22. The van der Waals surface area contributed by atoms with Crippen molar-refractivity contribution in [2.24, 2.45) is 0 Å². The molecule has 4 fully saturated rings. The third-order valence-corrected chi connectivity index (χ3v) is 12.7. The van der Waals surface area contributed by atoms with Crippen LogP contribution in [0.3, 0.4) is 0 Å². The molecule has 6 heterocycles. The second-order valence-corrected chi connectivity index (χ2v) is 16.5. The largest absolute Gasteiger partial charge is 0.458 e. The van der Waals surface area contributed by atoms with Crippen LogP contribution in [0.1, 0.15) is 49.4 Å². The number of fused-ring (bicyclic) bond motifs is 4. The lowest BCUT2D eigenvalue weighted by Gasteiger charge is -2.34. The van der Waals surface area contributed by atoms with E-state index >= 15 is 4.39 Å². The maximum Gasteiger partial charge on any atom is 0.319 e. The van der Waals surface area contributed by atoms with Gasteiger partial charge in [0.15, 0.2) is 11.6 Å². The van der Waals surface area contributed by atoms with Gasteiger partial charge in [0.25, 0.3) is 10.0 Å². The number of pyridine rings is 1. The van der Waals surface area contributed by atoms with E-state index in [9.17, 15) is 12.8 Å². The summed E-state index contributed by atoms with van der Waals surface area (Å²) in [5.74, 6) is 2.54. The summed E-state index contributed by atoms with van der Waals surface area (Å²) < 4.78 is 65.7. The number of benzene rings is 3. The molecule has 6 aromatic rings. The van der Waals surface area contributed by atoms with Crippen LogP contribution in [0.15, 0.2) is 72.0 Å². The summed E-state index contributed by atoms with van der Waals surface area (Å²) in [7, 11) is -3.88. The summed E-state index contributed by atoms with van der Waals surface area (Å²) in [5.41, 5.74) is 1.29. The molecule has 1 N–H and O–H groups in total. The fraction of sp³-hybridized carbons (Fsp3) is 0.325. The molecule has 3 saturated heterocycles. The molecule has 2 bridgehead atoms. The molecule has 4 aliphatic rings. The third kappa shape index (κ3) is 5.91. The van der Waals surface area contributed by atoms with Gasteiger partial charge in [-0.15, -0.1) is 15.6 Å². The topological polar surface area (TPSA) is 131 Å². The summed E-state index contributed by atoms with van der Waals surface area (Å²) in [5, 5.41) is 9.36. The molecule has 3 aromatic carbocycles.